The van der Waals surface area contributed by atoms with E-state index < -0.39 is 0 Å². The molecule has 6 heteroatoms. The lowest BCUT2D eigenvalue weighted by Gasteiger charge is -2.31. The normalized spacial score (nSPS) is 16.7. The Hall–Kier alpha value is -2.34. The average molecular weight is 398 g/mol. The summed E-state index contributed by atoms with van der Waals surface area (Å²) < 4.78 is 0. The van der Waals surface area contributed by atoms with Crippen molar-refractivity contribution >= 4 is 33.8 Å². The molecule has 0 radical (unpaired) electrons. The van der Waals surface area contributed by atoms with Gasteiger partial charge in [0.2, 0.25) is 5.91 Å². The molecule has 0 spiro atoms. The lowest BCUT2D eigenvalue weighted by molar-refractivity contribution is -0.117. The first-order valence-corrected chi connectivity index (χ1v) is 10.9. The SMILES string of the molecule is CN(Cc1ccccc1N1CCCCC1)C(=O)c1ccc(NC(=O)C2CC2)s1. The zero-order valence-electron chi connectivity index (χ0n) is 16.3. The molecular formula is C22H27N3O2S. The predicted octanol–water partition coefficient (Wildman–Crippen LogP) is 4.36. The molecule has 1 N–H and O–H groups in total. The number of amides is 2. The lowest BCUT2D eigenvalue weighted by atomic mass is 10.1. The quantitative estimate of drug-likeness (QED) is 0.788. The maximum Gasteiger partial charge on any atom is 0.264 e. The van der Waals surface area contributed by atoms with E-state index in [-0.39, 0.29) is 17.7 Å². The number of carbonyl (C=O) groups is 2. The number of piperidine rings is 1. The number of hydrogen-bond donors (Lipinski definition) is 1. The van der Waals surface area contributed by atoms with Crippen LogP contribution in [0.25, 0.3) is 0 Å². The first kappa shape index (κ1) is 19.0. The van der Waals surface area contributed by atoms with E-state index in [1.54, 1.807) is 4.90 Å². The minimum absolute atomic E-state index is 0.00892. The summed E-state index contributed by atoms with van der Waals surface area (Å²) in [5.74, 6) is 0.227. The fraction of sp³-hybridized carbons (Fsp3) is 0.455. The van der Waals surface area contributed by atoms with Crippen LogP contribution in [0.3, 0.4) is 0 Å². The van der Waals surface area contributed by atoms with Gasteiger partial charge in [0.1, 0.15) is 0 Å². The number of para-hydroxylation sites is 1. The number of hydrogen-bond acceptors (Lipinski definition) is 4. The number of anilines is 2. The van der Waals surface area contributed by atoms with Crippen LogP contribution in [0.15, 0.2) is 36.4 Å². The third-order valence-electron chi connectivity index (χ3n) is 5.45. The van der Waals surface area contributed by atoms with Gasteiger partial charge in [-0.05, 0) is 55.9 Å². The Labute approximate surface area is 170 Å². The maximum atomic E-state index is 12.9. The fourth-order valence-corrected chi connectivity index (χ4v) is 4.60. The number of nitrogens with zero attached hydrogens (tertiary/aromatic N) is 2. The number of thiophene rings is 1. The van der Waals surface area contributed by atoms with Crippen LogP contribution in [0.2, 0.25) is 0 Å². The van der Waals surface area contributed by atoms with Gasteiger partial charge in [0, 0.05) is 38.3 Å². The highest BCUT2D eigenvalue weighted by Gasteiger charge is 2.30. The van der Waals surface area contributed by atoms with E-state index in [4.69, 9.17) is 0 Å². The molecular weight excluding hydrogens is 370 g/mol. The number of nitrogens with one attached hydrogen (secondary N) is 1. The highest BCUT2D eigenvalue weighted by molar-refractivity contribution is 7.18. The molecule has 2 fully saturated rings. The summed E-state index contributed by atoms with van der Waals surface area (Å²) in [6.45, 7) is 2.75. The van der Waals surface area contributed by atoms with E-state index in [9.17, 15) is 9.59 Å². The van der Waals surface area contributed by atoms with Crippen LogP contribution < -0.4 is 10.2 Å². The molecule has 1 aliphatic heterocycles. The predicted molar refractivity (Wildman–Crippen MR) is 114 cm³/mol. The third kappa shape index (κ3) is 4.38. The van der Waals surface area contributed by atoms with Crippen LogP contribution in [-0.2, 0) is 11.3 Å². The van der Waals surface area contributed by atoms with Gasteiger partial charge in [-0.25, -0.2) is 0 Å². The van der Waals surface area contributed by atoms with E-state index in [0.29, 0.717) is 11.4 Å². The van der Waals surface area contributed by atoms with Crippen molar-refractivity contribution in [1.82, 2.24) is 4.90 Å². The summed E-state index contributed by atoms with van der Waals surface area (Å²) in [6, 6.07) is 12.0. The van der Waals surface area contributed by atoms with Gasteiger partial charge < -0.3 is 15.1 Å². The molecule has 148 valence electrons. The zero-order chi connectivity index (χ0) is 19.5. The summed E-state index contributed by atoms with van der Waals surface area (Å²) in [6.07, 6.45) is 5.71. The second-order valence-corrected chi connectivity index (χ2v) is 8.85. The molecule has 0 atom stereocenters. The maximum absolute atomic E-state index is 12.9. The monoisotopic (exact) mass is 397 g/mol. The molecule has 1 saturated heterocycles. The zero-order valence-corrected chi connectivity index (χ0v) is 17.1. The van der Waals surface area contributed by atoms with Gasteiger partial charge in [-0.15, -0.1) is 11.3 Å². The molecule has 1 aromatic carbocycles. The number of rotatable bonds is 6. The number of benzene rings is 1. The highest BCUT2D eigenvalue weighted by atomic mass is 32.1. The summed E-state index contributed by atoms with van der Waals surface area (Å²) in [7, 11) is 1.84. The average Bonchev–Trinajstić information content (AvgIpc) is 3.48. The van der Waals surface area contributed by atoms with Crippen molar-refractivity contribution in [3.63, 3.8) is 0 Å². The summed E-state index contributed by atoms with van der Waals surface area (Å²) in [4.78, 5) is 29.7. The van der Waals surface area contributed by atoms with Crippen molar-refractivity contribution in [1.29, 1.82) is 0 Å². The molecule has 2 aliphatic rings. The van der Waals surface area contributed by atoms with Gasteiger partial charge in [0.15, 0.2) is 0 Å². The summed E-state index contributed by atoms with van der Waals surface area (Å²) in [5, 5.41) is 3.67. The van der Waals surface area contributed by atoms with E-state index in [2.05, 4.69) is 28.4 Å². The van der Waals surface area contributed by atoms with E-state index in [1.165, 1.54) is 41.9 Å². The lowest BCUT2D eigenvalue weighted by Crippen LogP contribution is -2.32. The molecule has 28 heavy (non-hydrogen) atoms. The van der Waals surface area contributed by atoms with Crippen LogP contribution in [0.1, 0.15) is 47.3 Å². The van der Waals surface area contributed by atoms with Gasteiger partial charge in [-0.3, -0.25) is 9.59 Å². The topological polar surface area (TPSA) is 52.6 Å². The van der Waals surface area contributed by atoms with Crippen LogP contribution in [0, 0.1) is 5.92 Å². The first-order chi connectivity index (χ1) is 13.6. The van der Waals surface area contributed by atoms with Crippen LogP contribution in [-0.4, -0.2) is 36.9 Å². The van der Waals surface area contributed by atoms with Crippen molar-refractivity contribution in [3.05, 3.63) is 46.8 Å². The van der Waals surface area contributed by atoms with Crippen molar-refractivity contribution in [2.24, 2.45) is 5.92 Å². The largest absolute Gasteiger partial charge is 0.371 e. The minimum atomic E-state index is -0.00892. The second kappa shape index (κ2) is 8.35. The van der Waals surface area contributed by atoms with Crippen molar-refractivity contribution in [2.45, 2.75) is 38.6 Å². The van der Waals surface area contributed by atoms with E-state index in [1.807, 2.05) is 25.2 Å². The summed E-state index contributed by atoms with van der Waals surface area (Å²) in [5.41, 5.74) is 2.42. The molecule has 5 nitrogen and oxygen atoms in total. The van der Waals surface area contributed by atoms with Gasteiger partial charge in [0.25, 0.3) is 5.91 Å². The standard InChI is InChI=1S/C22H27N3O2S/c1-24(15-17-7-3-4-8-18(17)25-13-5-2-6-14-25)22(27)19-11-12-20(28-19)23-21(26)16-9-10-16/h3-4,7-8,11-12,16H,2,5-6,9-10,13-15H2,1H3,(H,23,26). The van der Waals surface area contributed by atoms with E-state index >= 15 is 0 Å². The van der Waals surface area contributed by atoms with Gasteiger partial charge in [0.05, 0.1) is 9.88 Å². The van der Waals surface area contributed by atoms with Gasteiger partial charge >= 0.3 is 0 Å². The van der Waals surface area contributed by atoms with Gasteiger partial charge in [-0.1, -0.05) is 18.2 Å². The Bertz CT molecular complexity index is 853. The summed E-state index contributed by atoms with van der Waals surface area (Å²) >= 11 is 1.35. The Kier molecular flexibility index (Phi) is 5.67. The molecule has 0 unspecified atom stereocenters. The molecule has 1 saturated carbocycles. The molecule has 2 heterocycles. The van der Waals surface area contributed by atoms with Crippen molar-refractivity contribution < 1.29 is 9.59 Å². The van der Waals surface area contributed by atoms with Crippen molar-refractivity contribution in [2.75, 3.05) is 30.4 Å². The molecule has 2 amide bonds. The Morgan fingerprint density at radius 2 is 1.86 bits per heavy atom. The number of carbonyl (C=O) groups excluding carboxylic acids is 2. The highest BCUT2D eigenvalue weighted by Crippen LogP contribution is 2.32. The first-order valence-electron chi connectivity index (χ1n) is 10.1. The van der Waals surface area contributed by atoms with Gasteiger partial charge in [-0.2, -0.15) is 0 Å². The Balaban J connectivity index is 1.42. The van der Waals surface area contributed by atoms with Crippen LogP contribution in [0.4, 0.5) is 10.7 Å². The molecule has 4 rings (SSSR count). The Morgan fingerprint density at radius 1 is 1.11 bits per heavy atom. The molecule has 2 aromatic rings. The van der Waals surface area contributed by atoms with Crippen LogP contribution >= 0.6 is 11.3 Å². The third-order valence-corrected chi connectivity index (χ3v) is 6.44. The van der Waals surface area contributed by atoms with Crippen LogP contribution in [0.5, 0.6) is 0 Å². The molecule has 1 aromatic heterocycles. The minimum Gasteiger partial charge on any atom is -0.371 e. The Morgan fingerprint density at radius 3 is 2.61 bits per heavy atom. The smallest absolute Gasteiger partial charge is 0.264 e. The second-order valence-electron chi connectivity index (χ2n) is 7.77. The molecule has 1 aliphatic carbocycles. The van der Waals surface area contributed by atoms with Crippen molar-refractivity contribution in [3.8, 4) is 0 Å². The fourth-order valence-electron chi connectivity index (χ4n) is 3.69. The van der Waals surface area contributed by atoms with E-state index in [0.717, 1.165) is 30.9 Å². The molecule has 0 bridgehead atoms.